The van der Waals surface area contributed by atoms with Crippen molar-refractivity contribution in [1.29, 1.82) is 0 Å². The minimum atomic E-state index is -0.387. The van der Waals surface area contributed by atoms with E-state index in [1.165, 1.54) is 19.3 Å². The van der Waals surface area contributed by atoms with E-state index >= 15 is 0 Å². The highest BCUT2D eigenvalue weighted by atomic mass is 16.5. The van der Waals surface area contributed by atoms with Crippen LogP contribution >= 0.6 is 0 Å². The van der Waals surface area contributed by atoms with Gasteiger partial charge in [0.05, 0.1) is 18.7 Å². The molecule has 2 aromatic rings. The van der Waals surface area contributed by atoms with E-state index in [4.69, 9.17) is 9.47 Å². The molecule has 0 radical (unpaired) electrons. The number of carbonyl (C=O) groups is 1. The van der Waals surface area contributed by atoms with Gasteiger partial charge in [0.15, 0.2) is 0 Å². The van der Waals surface area contributed by atoms with E-state index < -0.39 is 0 Å². The van der Waals surface area contributed by atoms with Crippen LogP contribution in [-0.4, -0.2) is 37.3 Å². The number of nitrogens with one attached hydrogen (secondary N) is 1. The van der Waals surface area contributed by atoms with Crippen LogP contribution in [0.1, 0.15) is 43.1 Å². The molecule has 1 unspecified atom stereocenters. The molecule has 0 bridgehead atoms. The number of carbonyl (C=O) groups excluding carboxylic acids is 1. The molecule has 5 heteroatoms. The second-order valence-corrected chi connectivity index (χ2v) is 6.47. The highest BCUT2D eigenvalue weighted by Gasteiger charge is 2.12. The number of rotatable bonds is 7. The minimum absolute atomic E-state index is 0.337. The predicted octanol–water partition coefficient (Wildman–Crippen LogP) is 3.57. The molecule has 0 amide bonds. The molecule has 5 nitrogen and oxygen atoms in total. The fourth-order valence-electron chi connectivity index (χ4n) is 3.24. The lowest BCUT2D eigenvalue weighted by molar-refractivity contribution is 0.0520. The molecule has 1 aromatic heterocycles. The molecule has 25 heavy (non-hydrogen) atoms. The maximum Gasteiger partial charge on any atom is 0.356 e. The molecule has 1 N–H and O–H groups in total. The van der Waals surface area contributed by atoms with Gasteiger partial charge < -0.3 is 14.8 Å². The number of hydrogen-bond donors (Lipinski definition) is 1. The molecular formula is C20H26N2O3. The Morgan fingerprint density at radius 1 is 1.32 bits per heavy atom. The summed E-state index contributed by atoms with van der Waals surface area (Å²) in [5, 5.41) is 4.41. The average Bonchev–Trinajstić information content (AvgIpc) is 2.66. The molecule has 1 aromatic carbocycles. The first-order chi connectivity index (χ1) is 12.3. The van der Waals surface area contributed by atoms with Gasteiger partial charge in [0, 0.05) is 5.39 Å². The van der Waals surface area contributed by atoms with Crippen LogP contribution in [-0.2, 0) is 4.74 Å². The summed E-state index contributed by atoms with van der Waals surface area (Å²) in [6, 6.07) is 9.35. The summed E-state index contributed by atoms with van der Waals surface area (Å²) in [6.45, 7) is 5.17. The zero-order valence-corrected chi connectivity index (χ0v) is 14.8. The molecule has 0 aliphatic carbocycles. The zero-order chi connectivity index (χ0) is 17.5. The largest absolute Gasteiger partial charge is 0.494 e. The lowest BCUT2D eigenvalue weighted by Crippen LogP contribution is -2.29. The van der Waals surface area contributed by atoms with Crippen LogP contribution in [0, 0.1) is 5.92 Å². The summed E-state index contributed by atoms with van der Waals surface area (Å²) in [6.07, 6.45) is 4.91. The molecular weight excluding hydrogens is 316 g/mol. The third-order valence-corrected chi connectivity index (χ3v) is 4.57. The fourth-order valence-corrected chi connectivity index (χ4v) is 3.24. The Labute approximate surface area is 148 Å². The number of hydrogen-bond acceptors (Lipinski definition) is 5. The Morgan fingerprint density at radius 3 is 3.04 bits per heavy atom. The molecule has 0 spiro atoms. The van der Waals surface area contributed by atoms with Crippen molar-refractivity contribution in [3.05, 3.63) is 36.0 Å². The van der Waals surface area contributed by atoms with Gasteiger partial charge in [0.2, 0.25) is 0 Å². The second kappa shape index (κ2) is 8.81. The Kier molecular flexibility index (Phi) is 6.23. The van der Waals surface area contributed by atoms with Crippen molar-refractivity contribution in [3.63, 3.8) is 0 Å². The van der Waals surface area contributed by atoms with Crippen molar-refractivity contribution >= 4 is 16.9 Å². The standard InChI is InChI=1S/C20H26N2O3/c1-2-24-20(23)19-9-7-16-13-17(8-10-18(16)22-19)25-12-4-6-15-5-3-11-21-14-15/h7-10,13,15,21H,2-6,11-12,14H2,1H3. The Hall–Kier alpha value is -2.14. The maximum absolute atomic E-state index is 11.7. The Balaban J connectivity index is 1.54. The SMILES string of the molecule is CCOC(=O)c1ccc2cc(OCCCC3CCCNC3)ccc2n1. The number of fused-ring (bicyclic) bond motifs is 1. The number of piperidine rings is 1. The maximum atomic E-state index is 11.7. The van der Waals surface area contributed by atoms with Gasteiger partial charge in [-0.1, -0.05) is 6.07 Å². The molecule has 134 valence electrons. The number of benzene rings is 1. The summed E-state index contributed by atoms with van der Waals surface area (Å²) >= 11 is 0. The number of nitrogens with zero attached hydrogens (tertiary/aromatic N) is 1. The number of ether oxygens (including phenoxy) is 2. The molecule has 2 heterocycles. The van der Waals surface area contributed by atoms with Crippen molar-refractivity contribution in [2.24, 2.45) is 5.92 Å². The minimum Gasteiger partial charge on any atom is -0.494 e. The van der Waals surface area contributed by atoms with Crippen LogP contribution in [0.4, 0.5) is 0 Å². The van der Waals surface area contributed by atoms with Crippen molar-refractivity contribution in [3.8, 4) is 5.75 Å². The molecule has 3 rings (SSSR count). The Bertz CT molecular complexity index is 711. The van der Waals surface area contributed by atoms with Gasteiger partial charge in [-0.2, -0.15) is 0 Å². The number of pyridine rings is 1. The van der Waals surface area contributed by atoms with E-state index in [-0.39, 0.29) is 5.97 Å². The second-order valence-electron chi connectivity index (χ2n) is 6.47. The van der Waals surface area contributed by atoms with Crippen LogP contribution in [0.3, 0.4) is 0 Å². The molecule has 0 saturated carbocycles. The van der Waals surface area contributed by atoms with Gasteiger partial charge in [-0.15, -0.1) is 0 Å². The van der Waals surface area contributed by atoms with E-state index in [1.54, 1.807) is 13.0 Å². The van der Waals surface area contributed by atoms with Gasteiger partial charge in [-0.3, -0.25) is 0 Å². The van der Waals surface area contributed by atoms with E-state index in [1.807, 2.05) is 24.3 Å². The van der Waals surface area contributed by atoms with Gasteiger partial charge in [-0.05, 0) is 75.9 Å². The number of aromatic nitrogens is 1. The van der Waals surface area contributed by atoms with Gasteiger partial charge >= 0.3 is 5.97 Å². The summed E-state index contributed by atoms with van der Waals surface area (Å²) in [7, 11) is 0. The van der Waals surface area contributed by atoms with Gasteiger partial charge in [0.25, 0.3) is 0 Å². The highest BCUT2D eigenvalue weighted by molar-refractivity contribution is 5.91. The Morgan fingerprint density at radius 2 is 2.24 bits per heavy atom. The van der Waals surface area contributed by atoms with Crippen LogP contribution in [0.15, 0.2) is 30.3 Å². The number of esters is 1. The van der Waals surface area contributed by atoms with Crippen LogP contribution in [0.5, 0.6) is 5.75 Å². The third kappa shape index (κ3) is 4.92. The first kappa shape index (κ1) is 17.7. The lowest BCUT2D eigenvalue weighted by Gasteiger charge is -2.22. The molecule has 1 aliphatic rings. The van der Waals surface area contributed by atoms with Crippen LogP contribution in [0.25, 0.3) is 10.9 Å². The highest BCUT2D eigenvalue weighted by Crippen LogP contribution is 2.21. The van der Waals surface area contributed by atoms with E-state index in [9.17, 15) is 4.79 Å². The summed E-state index contributed by atoms with van der Waals surface area (Å²) in [4.78, 5) is 16.1. The van der Waals surface area contributed by atoms with E-state index in [0.29, 0.717) is 12.3 Å². The molecule has 1 saturated heterocycles. The van der Waals surface area contributed by atoms with Crippen molar-refractivity contribution in [2.45, 2.75) is 32.6 Å². The monoisotopic (exact) mass is 342 g/mol. The quantitative estimate of drug-likeness (QED) is 0.616. The third-order valence-electron chi connectivity index (χ3n) is 4.57. The zero-order valence-electron chi connectivity index (χ0n) is 14.8. The summed E-state index contributed by atoms with van der Waals surface area (Å²) in [5.41, 5.74) is 1.11. The first-order valence-electron chi connectivity index (χ1n) is 9.17. The molecule has 1 atom stereocenters. The first-order valence-corrected chi connectivity index (χ1v) is 9.17. The normalized spacial score (nSPS) is 17.4. The van der Waals surface area contributed by atoms with Crippen LogP contribution < -0.4 is 10.1 Å². The van der Waals surface area contributed by atoms with Crippen molar-refractivity contribution in [2.75, 3.05) is 26.3 Å². The van der Waals surface area contributed by atoms with Crippen molar-refractivity contribution in [1.82, 2.24) is 10.3 Å². The molecule has 1 aliphatic heterocycles. The predicted molar refractivity (Wildman–Crippen MR) is 98.0 cm³/mol. The smallest absolute Gasteiger partial charge is 0.356 e. The van der Waals surface area contributed by atoms with Gasteiger partial charge in [0.1, 0.15) is 11.4 Å². The lowest BCUT2D eigenvalue weighted by atomic mass is 9.95. The van der Waals surface area contributed by atoms with E-state index in [2.05, 4.69) is 10.3 Å². The van der Waals surface area contributed by atoms with E-state index in [0.717, 1.165) is 48.7 Å². The summed E-state index contributed by atoms with van der Waals surface area (Å²) < 4.78 is 10.9. The summed E-state index contributed by atoms with van der Waals surface area (Å²) in [5.74, 6) is 1.25. The van der Waals surface area contributed by atoms with Crippen molar-refractivity contribution < 1.29 is 14.3 Å². The average molecular weight is 342 g/mol. The van der Waals surface area contributed by atoms with Crippen LogP contribution in [0.2, 0.25) is 0 Å². The topological polar surface area (TPSA) is 60.5 Å². The van der Waals surface area contributed by atoms with Gasteiger partial charge in [-0.25, -0.2) is 9.78 Å². The molecule has 1 fully saturated rings. The fraction of sp³-hybridized carbons (Fsp3) is 0.500.